The number of nitrogens with one attached hydrogen (secondary N) is 1. The maximum atomic E-state index is 11.9. The summed E-state index contributed by atoms with van der Waals surface area (Å²) in [4.78, 5) is 11.9. The molecule has 0 unspecified atom stereocenters. The molecular weight excluding hydrogens is 230 g/mol. The summed E-state index contributed by atoms with van der Waals surface area (Å²) in [5.74, 6) is 1.53. The normalized spacial score (nSPS) is 15.3. The van der Waals surface area contributed by atoms with Gasteiger partial charge in [-0.2, -0.15) is 0 Å². The van der Waals surface area contributed by atoms with Crippen LogP contribution in [0.3, 0.4) is 0 Å². The van der Waals surface area contributed by atoms with Gasteiger partial charge in [0, 0.05) is 5.41 Å². The van der Waals surface area contributed by atoms with Crippen molar-refractivity contribution in [3.63, 3.8) is 0 Å². The molecule has 0 saturated carbocycles. The molecule has 1 atom stereocenters. The summed E-state index contributed by atoms with van der Waals surface area (Å²) in [6.07, 6.45) is 0. The molecule has 4 heteroatoms. The topological polar surface area (TPSA) is 47.6 Å². The first-order chi connectivity index (χ1) is 8.38. The summed E-state index contributed by atoms with van der Waals surface area (Å²) in [6.45, 7) is 7.92. The Labute approximate surface area is 107 Å². The Morgan fingerprint density at radius 2 is 1.94 bits per heavy atom. The largest absolute Gasteiger partial charge is 0.454 e. The van der Waals surface area contributed by atoms with Crippen molar-refractivity contribution in [3.05, 3.63) is 23.8 Å². The minimum absolute atomic E-state index is 0.0349. The third-order valence-electron chi connectivity index (χ3n) is 2.93. The average molecular weight is 249 g/mol. The number of hydrogen-bond donors (Lipinski definition) is 1. The molecule has 98 valence electrons. The van der Waals surface area contributed by atoms with Crippen LogP contribution in [-0.2, 0) is 4.79 Å². The fourth-order valence-electron chi connectivity index (χ4n) is 1.68. The standard InChI is InChI=1S/C14H19NO3/c1-9(15-13(16)14(2,3)4)10-5-6-11-12(7-10)18-8-17-11/h5-7,9H,8H2,1-4H3,(H,15,16)/t9-/m0/s1. The molecule has 1 amide bonds. The highest BCUT2D eigenvalue weighted by Gasteiger charge is 2.23. The van der Waals surface area contributed by atoms with Crippen LogP contribution in [0, 0.1) is 5.41 Å². The lowest BCUT2D eigenvalue weighted by atomic mass is 9.94. The average Bonchev–Trinajstić information content (AvgIpc) is 2.74. The number of carbonyl (C=O) groups is 1. The van der Waals surface area contributed by atoms with Gasteiger partial charge in [0.2, 0.25) is 12.7 Å². The second kappa shape index (κ2) is 4.52. The monoisotopic (exact) mass is 249 g/mol. The Morgan fingerprint density at radius 3 is 2.61 bits per heavy atom. The van der Waals surface area contributed by atoms with Crippen LogP contribution in [0.15, 0.2) is 18.2 Å². The minimum Gasteiger partial charge on any atom is -0.454 e. The first-order valence-electron chi connectivity index (χ1n) is 6.08. The number of rotatable bonds is 2. The molecule has 0 radical (unpaired) electrons. The Kier molecular flexibility index (Phi) is 3.20. The lowest BCUT2D eigenvalue weighted by Gasteiger charge is -2.22. The van der Waals surface area contributed by atoms with E-state index in [-0.39, 0.29) is 24.2 Å². The quantitative estimate of drug-likeness (QED) is 0.876. The maximum Gasteiger partial charge on any atom is 0.231 e. The van der Waals surface area contributed by atoms with E-state index in [1.54, 1.807) is 0 Å². The van der Waals surface area contributed by atoms with Gasteiger partial charge in [0.1, 0.15) is 0 Å². The second-order valence-electron chi connectivity index (χ2n) is 5.56. The van der Waals surface area contributed by atoms with E-state index in [4.69, 9.17) is 9.47 Å². The van der Waals surface area contributed by atoms with Crippen LogP contribution in [0.4, 0.5) is 0 Å². The van der Waals surface area contributed by atoms with Gasteiger partial charge < -0.3 is 14.8 Å². The van der Waals surface area contributed by atoms with Gasteiger partial charge in [-0.15, -0.1) is 0 Å². The SMILES string of the molecule is C[C@H](NC(=O)C(C)(C)C)c1ccc2c(c1)OCO2. The Hall–Kier alpha value is -1.71. The lowest BCUT2D eigenvalue weighted by molar-refractivity contribution is -0.129. The zero-order chi connectivity index (χ0) is 13.3. The van der Waals surface area contributed by atoms with Crippen LogP contribution in [0.5, 0.6) is 11.5 Å². The van der Waals surface area contributed by atoms with Gasteiger partial charge in [-0.1, -0.05) is 26.8 Å². The molecule has 0 spiro atoms. The van der Waals surface area contributed by atoms with Gasteiger partial charge in [0.25, 0.3) is 0 Å². The van der Waals surface area contributed by atoms with Crippen LogP contribution in [0.1, 0.15) is 39.3 Å². The first kappa shape index (κ1) is 12.7. The van der Waals surface area contributed by atoms with E-state index in [0.29, 0.717) is 0 Å². The minimum atomic E-state index is -0.384. The van der Waals surface area contributed by atoms with Crippen molar-refractivity contribution >= 4 is 5.91 Å². The molecule has 0 aliphatic carbocycles. The van der Waals surface area contributed by atoms with Crippen molar-refractivity contribution < 1.29 is 14.3 Å². The summed E-state index contributed by atoms with van der Waals surface area (Å²) in [7, 11) is 0. The molecule has 0 fully saturated rings. The van der Waals surface area contributed by atoms with Crippen molar-refractivity contribution in [2.75, 3.05) is 6.79 Å². The third-order valence-corrected chi connectivity index (χ3v) is 2.93. The van der Waals surface area contributed by atoms with Crippen LogP contribution in [0.25, 0.3) is 0 Å². The summed E-state index contributed by atoms with van der Waals surface area (Å²) in [6, 6.07) is 5.68. The molecule has 2 rings (SSSR count). The predicted octanol–water partition coefficient (Wildman–Crippen LogP) is 2.64. The van der Waals surface area contributed by atoms with Crippen LogP contribution in [-0.4, -0.2) is 12.7 Å². The fraction of sp³-hybridized carbons (Fsp3) is 0.500. The van der Waals surface area contributed by atoms with Crippen LogP contribution in [0.2, 0.25) is 0 Å². The van der Waals surface area contributed by atoms with Crippen molar-refractivity contribution in [3.8, 4) is 11.5 Å². The van der Waals surface area contributed by atoms with Gasteiger partial charge in [0.15, 0.2) is 11.5 Å². The molecule has 1 aromatic carbocycles. The second-order valence-corrected chi connectivity index (χ2v) is 5.56. The molecular formula is C14H19NO3. The van der Waals surface area contributed by atoms with Gasteiger partial charge in [-0.3, -0.25) is 4.79 Å². The van der Waals surface area contributed by atoms with Crippen molar-refractivity contribution in [1.29, 1.82) is 0 Å². The highest BCUT2D eigenvalue weighted by Crippen LogP contribution is 2.34. The number of ether oxygens (including phenoxy) is 2. The molecule has 0 saturated heterocycles. The predicted molar refractivity (Wildman–Crippen MR) is 68.6 cm³/mol. The van der Waals surface area contributed by atoms with Crippen molar-refractivity contribution in [2.24, 2.45) is 5.41 Å². The molecule has 1 aliphatic heterocycles. The van der Waals surface area contributed by atoms with Crippen LogP contribution >= 0.6 is 0 Å². The fourth-order valence-corrected chi connectivity index (χ4v) is 1.68. The van der Waals surface area contributed by atoms with Gasteiger partial charge >= 0.3 is 0 Å². The number of hydrogen-bond acceptors (Lipinski definition) is 3. The first-order valence-corrected chi connectivity index (χ1v) is 6.08. The number of benzene rings is 1. The molecule has 18 heavy (non-hydrogen) atoms. The highest BCUT2D eigenvalue weighted by atomic mass is 16.7. The highest BCUT2D eigenvalue weighted by molar-refractivity contribution is 5.81. The number of carbonyl (C=O) groups excluding carboxylic acids is 1. The zero-order valence-electron chi connectivity index (χ0n) is 11.2. The van der Waals surface area contributed by atoms with Gasteiger partial charge in [-0.25, -0.2) is 0 Å². The maximum absolute atomic E-state index is 11.9. The Morgan fingerprint density at radius 1 is 1.28 bits per heavy atom. The number of amides is 1. The summed E-state index contributed by atoms with van der Waals surface area (Å²) in [5, 5.41) is 2.99. The van der Waals surface area contributed by atoms with E-state index in [2.05, 4.69) is 5.32 Å². The Balaban J connectivity index is 2.10. The molecule has 0 bridgehead atoms. The van der Waals surface area contributed by atoms with Crippen molar-refractivity contribution in [2.45, 2.75) is 33.7 Å². The van der Waals surface area contributed by atoms with Crippen LogP contribution < -0.4 is 14.8 Å². The van der Waals surface area contributed by atoms with E-state index < -0.39 is 0 Å². The van der Waals surface area contributed by atoms with E-state index >= 15 is 0 Å². The molecule has 1 aromatic rings. The van der Waals surface area contributed by atoms with E-state index in [1.165, 1.54) is 0 Å². The van der Waals surface area contributed by atoms with Gasteiger partial charge in [0.05, 0.1) is 6.04 Å². The smallest absolute Gasteiger partial charge is 0.231 e. The Bertz CT molecular complexity index is 463. The summed E-state index contributed by atoms with van der Waals surface area (Å²) in [5.41, 5.74) is 0.627. The third kappa shape index (κ3) is 2.58. The van der Waals surface area contributed by atoms with Gasteiger partial charge in [-0.05, 0) is 24.6 Å². The summed E-state index contributed by atoms with van der Waals surface area (Å²) >= 11 is 0. The van der Waals surface area contributed by atoms with E-state index in [9.17, 15) is 4.79 Å². The number of fused-ring (bicyclic) bond motifs is 1. The molecule has 1 heterocycles. The molecule has 1 N–H and O–H groups in total. The van der Waals surface area contributed by atoms with E-state index in [1.807, 2.05) is 45.9 Å². The zero-order valence-corrected chi connectivity index (χ0v) is 11.2. The van der Waals surface area contributed by atoms with E-state index in [0.717, 1.165) is 17.1 Å². The molecule has 0 aromatic heterocycles. The molecule has 1 aliphatic rings. The molecule has 4 nitrogen and oxygen atoms in total. The summed E-state index contributed by atoms with van der Waals surface area (Å²) < 4.78 is 10.6. The lowest BCUT2D eigenvalue weighted by Crippen LogP contribution is -2.36. The van der Waals surface area contributed by atoms with Crippen molar-refractivity contribution in [1.82, 2.24) is 5.32 Å².